The highest BCUT2D eigenvalue weighted by Crippen LogP contribution is 2.41. The van der Waals surface area contributed by atoms with Crippen LogP contribution in [0.25, 0.3) is 0 Å². The maximum Gasteiger partial charge on any atom is 0.328 e. The van der Waals surface area contributed by atoms with Crippen LogP contribution in [0.2, 0.25) is 0 Å². The second kappa shape index (κ2) is 10.6. The van der Waals surface area contributed by atoms with Gasteiger partial charge in [0, 0.05) is 6.04 Å². The molecule has 0 bridgehead atoms. The summed E-state index contributed by atoms with van der Waals surface area (Å²) < 4.78 is 5.60. The number of hydrogen-bond acceptors (Lipinski definition) is 3. The SMILES string of the molecule is CCCCCCCCOC(=O)[C@@H]1C[C@@H]2CCC[C@@H]2N1C(=O)Cc1ccccc1. The molecule has 4 heteroatoms. The molecule has 1 heterocycles. The number of esters is 1. The molecule has 1 aliphatic heterocycles. The number of fused-ring (bicyclic) bond motifs is 1. The van der Waals surface area contributed by atoms with Crippen LogP contribution in [-0.4, -0.2) is 35.5 Å². The summed E-state index contributed by atoms with van der Waals surface area (Å²) >= 11 is 0. The molecule has 2 aliphatic rings. The van der Waals surface area contributed by atoms with Gasteiger partial charge in [-0.3, -0.25) is 4.79 Å². The van der Waals surface area contributed by atoms with Crippen molar-refractivity contribution in [1.82, 2.24) is 4.90 Å². The van der Waals surface area contributed by atoms with E-state index in [1.165, 1.54) is 25.7 Å². The number of amides is 1. The van der Waals surface area contributed by atoms with E-state index in [1.807, 2.05) is 35.2 Å². The summed E-state index contributed by atoms with van der Waals surface area (Å²) in [6.07, 6.45) is 11.5. The molecule has 1 aromatic rings. The average molecular weight is 386 g/mol. The Hall–Kier alpha value is -1.84. The Morgan fingerprint density at radius 3 is 2.57 bits per heavy atom. The largest absolute Gasteiger partial charge is 0.464 e. The van der Waals surface area contributed by atoms with Gasteiger partial charge in [0.25, 0.3) is 0 Å². The highest BCUT2D eigenvalue weighted by molar-refractivity contribution is 5.87. The fraction of sp³-hybridized carbons (Fsp3) is 0.667. The number of unbranched alkanes of at least 4 members (excludes halogenated alkanes) is 5. The van der Waals surface area contributed by atoms with Crippen LogP contribution in [-0.2, 0) is 20.7 Å². The van der Waals surface area contributed by atoms with Gasteiger partial charge in [0.2, 0.25) is 5.91 Å². The first-order valence-corrected chi connectivity index (χ1v) is 11.2. The smallest absolute Gasteiger partial charge is 0.328 e. The van der Waals surface area contributed by atoms with E-state index in [4.69, 9.17) is 4.74 Å². The summed E-state index contributed by atoms with van der Waals surface area (Å²) in [5.74, 6) is 0.345. The molecule has 1 saturated carbocycles. The molecular formula is C24H35NO3. The number of likely N-dealkylation sites (tertiary alicyclic amines) is 1. The summed E-state index contributed by atoms with van der Waals surface area (Å²) in [5, 5.41) is 0. The summed E-state index contributed by atoms with van der Waals surface area (Å²) in [7, 11) is 0. The predicted octanol–water partition coefficient (Wildman–Crippen LogP) is 4.90. The van der Waals surface area contributed by atoms with E-state index in [2.05, 4.69) is 6.92 Å². The Morgan fingerprint density at radius 1 is 1.04 bits per heavy atom. The number of benzene rings is 1. The van der Waals surface area contributed by atoms with Crippen molar-refractivity contribution in [3.63, 3.8) is 0 Å². The maximum absolute atomic E-state index is 13.1. The molecule has 1 amide bonds. The lowest BCUT2D eigenvalue weighted by Gasteiger charge is -2.29. The average Bonchev–Trinajstić information content (AvgIpc) is 3.29. The standard InChI is InChI=1S/C24H35NO3/c1-2-3-4-5-6-10-16-28-24(27)22-18-20-14-11-15-21(20)25(22)23(26)17-19-12-8-7-9-13-19/h7-9,12-13,20-22H,2-6,10-11,14-18H2,1H3/t20-,21-,22-/m0/s1. The molecule has 0 aromatic heterocycles. The monoisotopic (exact) mass is 385 g/mol. The van der Waals surface area contributed by atoms with E-state index < -0.39 is 0 Å². The lowest BCUT2D eigenvalue weighted by Crippen LogP contribution is -2.46. The molecule has 0 N–H and O–H groups in total. The van der Waals surface area contributed by atoms with E-state index in [9.17, 15) is 9.59 Å². The normalized spacial score (nSPS) is 23.6. The number of carbonyl (C=O) groups is 2. The number of hydrogen-bond donors (Lipinski definition) is 0. The van der Waals surface area contributed by atoms with E-state index >= 15 is 0 Å². The molecule has 1 aliphatic carbocycles. The van der Waals surface area contributed by atoms with Crippen LogP contribution >= 0.6 is 0 Å². The van der Waals surface area contributed by atoms with E-state index in [-0.39, 0.29) is 24.0 Å². The Balaban J connectivity index is 1.53. The molecule has 154 valence electrons. The summed E-state index contributed by atoms with van der Waals surface area (Å²) in [6, 6.07) is 9.67. The van der Waals surface area contributed by atoms with Crippen LogP contribution in [0, 0.1) is 5.92 Å². The van der Waals surface area contributed by atoms with Gasteiger partial charge < -0.3 is 9.64 Å². The maximum atomic E-state index is 13.1. The van der Waals surface area contributed by atoms with E-state index in [1.54, 1.807) is 0 Å². The van der Waals surface area contributed by atoms with Gasteiger partial charge in [-0.25, -0.2) is 4.79 Å². The van der Waals surface area contributed by atoms with Crippen LogP contribution in [0.15, 0.2) is 30.3 Å². The zero-order chi connectivity index (χ0) is 19.8. The molecule has 4 nitrogen and oxygen atoms in total. The third-order valence-corrected chi connectivity index (χ3v) is 6.34. The molecule has 28 heavy (non-hydrogen) atoms. The van der Waals surface area contributed by atoms with Crippen LogP contribution < -0.4 is 0 Å². The van der Waals surface area contributed by atoms with Gasteiger partial charge in [0.15, 0.2) is 0 Å². The molecule has 3 atom stereocenters. The number of ether oxygens (including phenoxy) is 1. The highest BCUT2D eigenvalue weighted by Gasteiger charge is 2.49. The van der Waals surface area contributed by atoms with Crippen LogP contribution in [0.1, 0.15) is 76.7 Å². The number of carbonyl (C=O) groups excluding carboxylic acids is 2. The molecule has 1 saturated heterocycles. The van der Waals surface area contributed by atoms with Gasteiger partial charge in [0.05, 0.1) is 13.0 Å². The first-order chi connectivity index (χ1) is 13.7. The van der Waals surface area contributed by atoms with Crippen LogP contribution in [0.3, 0.4) is 0 Å². The third kappa shape index (κ3) is 5.36. The zero-order valence-corrected chi connectivity index (χ0v) is 17.3. The minimum absolute atomic E-state index is 0.0714. The predicted molar refractivity (Wildman–Crippen MR) is 111 cm³/mol. The van der Waals surface area contributed by atoms with Crippen molar-refractivity contribution in [1.29, 1.82) is 0 Å². The van der Waals surface area contributed by atoms with Crippen molar-refractivity contribution >= 4 is 11.9 Å². The summed E-state index contributed by atoms with van der Waals surface area (Å²) in [6.45, 7) is 2.70. The van der Waals surface area contributed by atoms with Crippen molar-refractivity contribution in [2.45, 2.75) is 89.6 Å². The molecule has 2 fully saturated rings. The van der Waals surface area contributed by atoms with E-state index in [0.29, 0.717) is 18.9 Å². The second-order valence-electron chi connectivity index (χ2n) is 8.41. The Bertz CT molecular complexity index is 630. The fourth-order valence-corrected chi connectivity index (χ4v) is 4.87. The first kappa shape index (κ1) is 20.9. The van der Waals surface area contributed by atoms with Gasteiger partial charge in [-0.2, -0.15) is 0 Å². The minimum atomic E-state index is -0.383. The molecule has 3 rings (SSSR count). The van der Waals surface area contributed by atoms with Gasteiger partial charge in [0.1, 0.15) is 6.04 Å². The molecule has 1 aromatic carbocycles. The highest BCUT2D eigenvalue weighted by atomic mass is 16.5. The van der Waals surface area contributed by atoms with Crippen molar-refractivity contribution in [2.75, 3.05) is 6.61 Å². The molecule has 0 unspecified atom stereocenters. The van der Waals surface area contributed by atoms with Crippen molar-refractivity contribution in [2.24, 2.45) is 5.92 Å². The summed E-state index contributed by atoms with van der Waals surface area (Å²) in [5.41, 5.74) is 1.01. The molecular weight excluding hydrogens is 350 g/mol. The Kier molecular flexibility index (Phi) is 7.93. The topological polar surface area (TPSA) is 46.6 Å². The third-order valence-electron chi connectivity index (χ3n) is 6.34. The second-order valence-corrected chi connectivity index (χ2v) is 8.41. The number of nitrogens with zero attached hydrogens (tertiary/aromatic N) is 1. The lowest BCUT2D eigenvalue weighted by atomic mass is 10.0. The summed E-state index contributed by atoms with van der Waals surface area (Å²) in [4.78, 5) is 27.7. The van der Waals surface area contributed by atoms with Crippen LogP contribution in [0.4, 0.5) is 0 Å². The first-order valence-electron chi connectivity index (χ1n) is 11.2. The Labute approximate surface area is 169 Å². The van der Waals surface area contributed by atoms with Gasteiger partial charge in [-0.15, -0.1) is 0 Å². The van der Waals surface area contributed by atoms with E-state index in [0.717, 1.165) is 44.1 Å². The minimum Gasteiger partial charge on any atom is -0.464 e. The van der Waals surface area contributed by atoms with Gasteiger partial charge in [-0.05, 0) is 37.2 Å². The van der Waals surface area contributed by atoms with Gasteiger partial charge in [-0.1, -0.05) is 75.8 Å². The quantitative estimate of drug-likeness (QED) is 0.425. The van der Waals surface area contributed by atoms with Crippen molar-refractivity contribution < 1.29 is 14.3 Å². The zero-order valence-electron chi connectivity index (χ0n) is 17.3. The molecule has 0 radical (unpaired) electrons. The molecule has 0 spiro atoms. The van der Waals surface area contributed by atoms with Crippen LogP contribution in [0.5, 0.6) is 0 Å². The Morgan fingerprint density at radius 2 is 1.79 bits per heavy atom. The van der Waals surface area contributed by atoms with Crippen molar-refractivity contribution in [3.05, 3.63) is 35.9 Å². The van der Waals surface area contributed by atoms with Crippen molar-refractivity contribution in [3.8, 4) is 0 Å². The lowest BCUT2D eigenvalue weighted by molar-refractivity contribution is -0.154. The van der Waals surface area contributed by atoms with Gasteiger partial charge >= 0.3 is 5.97 Å². The number of rotatable bonds is 10. The fourth-order valence-electron chi connectivity index (χ4n) is 4.87.